The summed E-state index contributed by atoms with van der Waals surface area (Å²) in [5.74, 6) is 6.50. The van der Waals surface area contributed by atoms with E-state index in [0.717, 1.165) is 16.9 Å². The number of hydrogen-bond donors (Lipinski definition) is 2. The van der Waals surface area contributed by atoms with Gasteiger partial charge in [-0.25, -0.2) is 9.97 Å². The third-order valence-corrected chi connectivity index (χ3v) is 3.04. The Balaban J connectivity index is 2.26. The summed E-state index contributed by atoms with van der Waals surface area (Å²) < 4.78 is 5.38. The number of benzene rings is 1. The lowest BCUT2D eigenvalue weighted by atomic mass is 9.99. The van der Waals surface area contributed by atoms with E-state index in [1.54, 1.807) is 19.5 Å². The first-order valence-corrected chi connectivity index (χ1v) is 6.09. The van der Waals surface area contributed by atoms with Gasteiger partial charge in [0.1, 0.15) is 12.1 Å². The minimum Gasteiger partial charge on any atom is -0.496 e. The Morgan fingerprint density at radius 3 is 2.68 bits per heavy atom. The maximum absolute atomic E-state index is 5.64. The van der Waals surface area contributed by atoms with Gasteiger partial charge in [0.05, 0.1) is 13.2 Å². The van der Waals surface area contributed by atoms with Crippen LogP contribution < -0.4 is 16.0 Å². The van der Waals surface area contributed by atoms with Crippen molar-refractivity contribution in [2.45, 2.75) is 19.4 Å². The number of aromatic nitrogens is 2. The molecule has 1 heterocycles. The van der Waals surface area contributed by atoms with E-state index in [-0.39, 0.29) is 6.04 Å². The van der Waals surface area contributed by atoms with Crippen molar-refractivity contribution in [1.29, 1.82) is 0 Å². The summed E-state index contributed by atoms with van der Waals surface area (Å²) in [5.41, 5.74) is 6.05. The van der Waals surface area contributed by atoms with Crippen molar-refractivity contribution in [3.63, 3.8) is 0 Å². The number of nitrogens with zero attached hydrogens (tertiary/aromatic N) is 2. The van der Waals surface area contributed by atoms with Gasteiger partial charge < -0.3 is 4.74 Å². The Hall–Kier alpha value is -1.98. The number of hydrogen-bond acceptors (Lipinski definition) is 5. The van der Waals surface area contributed by atoms with Crippen LogP contribution in [0.2, 0.25) is 0 Å². The van der Waals surface area contributed by atoms with E-state index in [0.29, 0.717) is 6.42 Å². The summed E-state index contributed by atoms with van der Waals surface area (Å²) in [5, 5.41) is 0. The second-order valence-corrected chi connectivity index (χ2v) is 4.41. The third kappa shape index (κ3) is 3.27. The quantitative estimate of drug-likeness (QED) is 0.628. The number of rotatable bonds is 5. The van der Waals surface area contributed by atoms with Gasteiger partial charge in [0, 0.05) is 18.0 Å². The fraction of sp³-hybridized carbons (Fsp3) is 0.286. The zero-order valence-corrected chi connectivity index (χ0v) is 11.1. The smallest absolute Gasteiger partial charge is 0.122 e. The van der Waals surface area contributed by atoms with Crippen molar-refractivity contribution in [3.8, 4) is 5.75 Å². The molecule has 0 bridgehead atoms. The van der Waals surface area contributed by atoms with Crippen LogP contribution in [-0.2, 0) is 6.42 Å². The standard InChI is InChI=1S/C14H18N4O/c1-10-3-4-14(19-2)11(5-10)6-13(18-15)12-7-16-9-17-8-12/h3-5,7-9,13,18H,6,15H2,1-2H3. The molecule has 3 N–H and O–H groups in total. The average molecular weight is 258 g/mol. The van der Waals surface area contributed by atoms with Gasteiger partial charge in [-0.1, -0.05) is 17.7 Å². The molecule has 100 valence electrons. The predicted octanol–water partition coefficient (Wildman–Crippen LogP) is 1.54. The predicted molar refractivity (Wildman–Crippen MR) is 73.5 cm³/mol. The fourth-order valence-electron chi connectivity index (χ4n) is 2.05. The average Bonchev–Trinajstić information content (AvgIpc) is 2.46. The van der Waals surface area contributed by atoms with Gasteiger partial charge in [-0.2, -0.15) is 0 Å². The van der Waals surface area contributed by atoms with Crippen LogP contribution in [0.1, 0.15) is 22.7 Å². The minimum atomic E-state index is -0.0445. The SMILES string of the molecule is COc1ccc(C)cc1CC(NN)c1cncnc1. The van der Waals surface area contributed by atoms with E-state index in [1.165, 1.54) is 11.9 Å². The van der Waals surface area contributed by atoms with Crippen LogP contribution in [0.3, 0.4) is 0 Å². The Morgan fingerprint density at radius 2 is 2.05 bits per heavy atom. The number of aryl methyl sites for hydroxylation is 1. The molecule has 1 aromatic heterocycles. The molecule has 1 atom stereocenters. The number of nitrogens with two attached hydrogens (primary N) is 1. The molecule has 5 heteroatoms. The molecule has 2 rings (SSSR count). The Kier molecular flexibility index (Phi) is 4.43. The highest BCUT2D eigenvalue weighted by atomic mass is 16.5. The highest BCUT2D eigenvalue weighted by molar-refractivity contribution is 5.38. The van der Waals surface area contributed by atoms with Crippen LogP contribution in [0.15, 0.2) is 36.9 Å². The largest absolute Gasteiger partial charge is 0.496 e. The summed E-state index contributed by atoms with van der Waals surface area (Å²) in [6.45, 7) is 2.06. The molecule has 19 heavy (non-hydrogen) atoms. The van der Waals surface area contributed by atoms with Gasteiger partial charge in [0.25, 0.3) is 0 Å². The van der Waals surface area contributed by atoms with Gasteiger partial charge >= 0.3 is 0 Å². The van der Waals surface area contributed by atoms with E-state index in [4.69, 9.17) is 10.6 Å². The van der Waals surface area contributed by atoms with Crippen molar-refractivity contribution in [3.05, 3.63) is 53.6 Å². The normalized spacial score (nSPS) is 12.2. The lowest BCUT2D eigenvalue weighted by molar-refractivity contribution is 0.405. The molecule has 2 aromatic rings. The van der Waals surface area contributed by atoms with E-state index < -0.39 is 0 Å². The zero-order chi connectivity index (χ0) is 13.7. The number of nitrogens with one attached hydrogen (secondary N) is 1. The van der Waals surface area contributed by atoms with Gasteiger partial charge in [-0.05, 0) is 25.0 Å². The molecule has 0 radical (unpaired) electrons. The van der Waals surface area contributed by atoms with Gasteiger partial charge in [-0.15, -0.1) is 0 Å². The summed E-state index contributed by atoms with van der Waals surface area (Å²) in [4.78, 5) is 8.03. The molecule has 0 amide bonds. The molecule has 1 aromatic carbocycles. The first-order valence-electron chi connectivity index (χ1n) is 6.09. The van der Waals surface area contributed by atoms with Crippen LogP contribution in [0.4, 0.5) is 0 Å². The summed E-state index contributed by atoms with van der Waals surface area (Å²) >= 11 is 0. The van der Waals surface area contributed by atoms with Gasteiger partial charge in [0.15, 0.2) is 0 Å². The maximum Gasteiger partial charge on any atom is 0.122 e. The molecular formula is C14H18N4O. The van der Waals surface area contributed by atoms with Crippen molar-refractivity contribution < 1.29 is 4.74 Å². The van der Waals surface area contributed by atoms with E-state index >= 15 is 0 Å². The molecule has 1 unspecified atom stereocenters. The molecule has 0 spiro atoms. The number of ether oxygens (including phenoxy) is 1. The number of hydrazine groups is 1. The summed E-state index contributed by atoms with van der Waals surface area (Å²) in [7, 11) is 1.67. The lowest BCUT2D eigenvalue weighted by Crippen LogP contribution is -2.29. The Bertz CT molecular complexity index is 530. The van der Waals surface area contributed by atoms with Crippen molar-refractivity contribution >= 4 is 0 Å². The van der Waals surface area contributed by atoms with Crippen molar-refractivity contribution in [2.75, 3.05) is 7.11 Å². The van der Waals surface area contributed by atoms with Crippen molar-refractivity contribution in [2.24, 2.45) is 5.84 Å². The molecule has 0 aliphatic rings. The monoisotopic (exact) mass is 258 g/mol. The van der Waals surface area contributed by atoms with Gasteiger partial charge in [-0.3, -0.25) is 11.3 Å². The van der Waals surface area contributed by atoms with Crippen LogP contribution >= 0.6 is 0 Å². The molecular weight excluding hydrogens is 240 g/mol. The third-order valence-electron chi connectivity index (χ3n) is 3.04. The molecule has 0 saturated heterocycles. The Morgan fingerprint density at radius 1 is 1.32 bits per heavy atom. The molecule has 0 fully saturated rings. The lowest BCUT2D eigenvalue weighted by Gasteiger charge is -2.17. The second kappa shape index (κ2) is 6.26. The minimum absolute atomic E-state index is 0.0445. The molecule has 0 saturated carbocycles. The first-order chi connectivity index (χ1) is 9.24. The van der Waals surface area contributed by atoms with Crippen molar-refractivity contribution in [1.82, 2.24) is 15.4 Å². The maximum atomic E-state index is 5.64. The Labute approximate surface area is 112 Å². The highest BCUT2D eigenvalue weighted by Crippen LogP contribution is 2.25. The first kappa shape index (κ1) is 13.5. The summed E-state index contributed by atoms with van der Waals surface area (Å²) in [6.07, 6.45) is 5.75. The summed E-state index contributed by atoms with van der Waals surface area (Å²) in [6, 6.07) is 6.06. The number of methoxy groups -OCH3 is 1. The van der Waals surface area contributed by atoms with Crippen LogP contribution in [-0.4, -0.2) is 17.1 Å². The van der Waals surface area contributed by atoms with Crippen LogP contribution in [0.5, 0.6) is 5.75 Å². The fourth-order valence-corrected chi connectivity index (χ4v) is 2.05. The van der Waals surface area contributed by atoms with E-state index in [1.807, 2.05) is 12.1 Å². The highest BCUT2D eigenvalue weighted by Gasteiger charge is 2.14. The second-order valence-electron chi connectivity index (χ2n) is 4.41. The molecule has 0 aliphatic carbocycles. The van der Waals surface area contributed by atoms with Crippen LogP contribution in [0.25, 0.3) is 0 Å². The zero-order valence-electron chi connectivity index (χ0n) is 11.1. The topological polar surface area (TPSA) is 73.1 Å². The van der Waals surface area contributed by atoms with E-state index in [9.17, 15) is 0 Å². The molecule has 0 aliphatic heterocycles. The van der Waals surface area contributed by atoms with Crippen LogP contribution in [0, 0.1) is 6.92 Å². The molecule has 5 nitrogen and oxygen atoms in total. The van der Waals surface area contributed by atoms with Gasteiger partial charge in [0.2, 0.25) is 0 Å². The van der Waals surface area contributed by atoms with E-state index in [2.05, 4.69) is 28.4 Å².